The van der Waals surface area contributed by atoms with Gasteiger partial charge in [-0.1, -0.05) is 0 Å². The van der Waals surface area contributed by atoms with Crippen LogP contribution in [0.15, 0.2) is 5.38 Å². The average Bonchev–Trinajstić information content (AvgIpc) is 2.65. The number of aliphatic hydroxyl groups is 2. The number of hydrogen-bond donors (Lipinski definition) is 4. The van der Waals surface area contributed by atoms with Gasteiger partial charge in [-0.25, -0.2) is 9.78 Å². The highest BCUT2D eigenvalue weighted by atomic mass is 32.1. The van der Waals surface area contributed by atoms with Crippen LogP contribution in [-0.2, 0) is 0 Å². The summed E-state index contributed by atoms with van der Waals surface area (Å²) >= 11 is 4.84. The molecule has 0 radical (unpaired) electrons. The van der Waals surface area contributed by atoms with Gasteiger partial charge in [-0.05, 0) is 12.2 Å². The molecule has 1 aromatic heterocycles. The number of carboxylic acids is 1. The Hall–Kier alpha value is -0.630. The summed E-state index contributed by atoms with van der Waals surface area (Å²) in [7, 11) is 0. The third kappa shape index (κ3) is 3.16. The molecule has 1 heterocycles. The molecule has 1 aromatic rings. The first kappa shape index (κ1) is 12.4. The summed E-state index contributed by atoms with van der Waals surface area (Å²) in [6.07, 6.45) is -1.79. The maximum absolute atomic E-state index is 10.5. The van der Waals surface area contributed by atoms with E-state index in [1.165, 1.54) is 5.38 Å². The Balaban J connectivity index is 2.73. The van der Waals surface area contributed by atoms with E-state index < -0.39 is 18.2 Å². The minimum Gasteiger partial charge on any atom is -0.476 e. The van der Waals surface area contributed by atoms with Gasteiger partial charge < -0.3 is 15.3 Å². The lowest BCUT2D eigenvalue weighted by atomic mass is 10.1. The van der Waals surface area contributed by atoms with Crippen LogP contribution >= 0.6 is 24.0 Å². The van der Waals surface area contributed by atoms with Crippen molar-refractivity contribution in [2.24, 2.45) is 0 Å². The lowest BCUT2D eigenvalue weighted by molar-refractivity contribution is 0.0149. The normalized spacial score (nSPS) is 14.9. The summed E-state index contributed by atoms with van der Waals surface area (Å²) in [4.78, 5) is 14.2. The van der Waals surface area contributed by atoms with Gasteiger partial charge in [0.1, 0.15) is 6.10 Å². The van der Waals surface area contributed by atoms with E-state index in [2.05, 4.69) is 17.6 Å². The summed E-state index contributed by atoms with van der Waals surface area (Å²) in [5, 5.41) is 29.0. The van der Waals surface area contributed by atoms with Crippen molar-refractivity contribution in [1.82, 2.24) is 4.98 Å². The van der Waals surface area contributed by atoms with E-state index >= 15 is 0 Å². The van der Waals surface area contributed by atoms with Gasteiger partial charge >= 0.3 is 5.97 Å². The van der Waals surface area contributed by atoms with Crippen molar-refractivity contribution >= 4 is 29.9 Å². The van der Waals surface area contributed by atoms with Gasteiger partial charge in [0.05, 0.1) is 11.8 Å². The van der Waals surface area contributed by atoms with E-state index in [0.717, 1.165) is 11.3 Å². The molecule has 3 N–H and O–H groups in total. The molecule has 0 saturated heterocycles. The number of thiazole rings is 1. The van der Waals surface area contributed by atoms with Crippen LogP contribution in [0, 0.1) is 0 Å². The van der Waals surface area contributed by atoms with Gasteiger partial charge in [-0.2, -0.15) is 12.6 Å². The molecule has 0 aliphatic heterocycles. The molecule has 84 valence electrons. The topological polar surface area (TPSA) is 90.7 Å². The summed E-state index contributed by atoms with van der Waals surface area (Å²) in [6.45, 7) is 0. The molecule has 0 aliphatic carbocycles. The Morgan fingerprint density at radius 1 is 1.60 bits per heavy atom. The van der Waals surface area contributed by atoms with E-state index in [-0.39, 0.29) is 10.7 Å². The Labute approximate surface area is 95.8 Å². The van der Waals surface area contributed by atoms with Crippen molar-refractivity contribution < 1.29 is 20.1 Å². The van der Waals surface area contributed by atoms with E-state index in [1.807, 2.05) is 0 Å². The van der Waals surface area contributed by atoms with Crippen molar-refractivity contribution in [3.8, 4) is 0 Å². The molecule has 0 fully saturated rings. The van der Waals surface area contributed by atoms with E-state index in [9.17, 15) is 15.0 Å². The fourth-order valence-corrected chi connectivity index (χ4v) is 1.96. The van der Waals surface area contributed by atoms with Gasteiger partial charge in [0, 0.05) is 5.38 Å². The molecule has 7 heteroatoms. The van der Waals surface area contributed by atoms with Crippen LogP contribution in [-0.4, -0.2) is 38.1 Å². The van der Waals surface area contributed by atoms with E-state index in [0.29, 0.717) is 12.2 Å². The molecular weight excluding hydrogens is 238 g/mol. The van der Waals surface area contributed by atoms with Crippen molar-refractivity contribution in [2.75, 3.05) is 5.75 Å². The smallest absolute Gasteiger partial charge is 0.365 e. The number of carboxylic acid groups (broad SMARTS) is 1. The Bertz CT molecular complexity index is 341. The lowest BCUT2D eigenvalue weighted by Crippen LogP contribution is -2.19. The summed E-state index contributed by atoms with van der Waals surface area (Å²) in [5.74, 6) is -0.698. The fraction of sp³-hybridized carbons (Fsp3) is 0.500. The largest absolute Gasteiger partial charge is 0.476 e. The molecule has 0 aliphatic rings. The highest BCUT2D eigenvalue weighted by molar-refractivity contribution is 7.80. The average molecular weight is 249 g/mol. The van der Waals surface area contributed by atoms with Gasteiger partial charge in [0.15, 0.2) is 0 Å². The first-order valence-electron chi connectivity index (χ1n) is 4.22. The molecule has 0 aromatic carbocycles. The maximum atomic E-state index is 10.5. The number of aromatic nitrogens is 1. The minimum atomic E-state index is -1.15. The van der Waals surface area contributed by atoms with Crippen LogP contribution < -0.4 is 0 Å². The number of hydrogen-bond acceptors (Lipinski definition) is 6. The first-order chi connectivity index (χ1) is 7.06. The highest BCUT2D eigenvalue weighted by Gasteiger charge is 2.21. The molecule has 15 heavy (non-hydrogen) atoms. The van der Waals surface area contributed by atoms with Crippen LogP contribution in [0.2, 0.25) is 0 Å². The highest BCUT2D eigenvalue weighted by Crippen LogP contribution is 2.21. The summed E-state index contributed by atoms with van der Waals surface area (Å²) < 4.78 is 0. The first-order valence-corrected chi connectivity index (χ1v) is 5.73. The monoisotopic (exact) mass is 249 g/mol. The third-order valence-corrected chi connectivity index (χ3v) is 2.90. The second-order valence-electron chi connectivity index (χ2n) is 2.91. The molecule has 2 unspecified atom stereocenters. The Kier molecular flexibility index (Phi) is 4.52. The molecule has 0 bridgehead atoms. The second-order valence-corrected chi connectivity index (χ2v) is 4.21. The quantitative estimate of drug-likeness (QED) is 0.572. The number of rotatable bonds is 5. The Morgan fingerprint density at radius 2 is 2.27 bits per heavy atom. The van der Waals surface area contributed by atoms with Gasteiger partial charge in [-0.15, -0.1) is 11.3 Å². The van der Waals surface area contributed by atoms with E-state index in [1.54, 1.807) is 0 Å². The van der Waals surface area contributed by atoms with Crippen LogP contribution in [0.3, 0.4) is 0 Å². The maximum Gasteiger partial charge on any atom is 0.365 e. The predicted octanol–water partition coefficient (Wildman–Crippen LogP) is 0.555. The number of aromatic carboxylic acids is 1. The van der Waals surface area contributed by atoms with Crippen molar-refractivity contribution in [3.05, 3.63) is 16.1 Å². The van der Waals surface area contributed by atoms with Crippen molar-refractivity contribution in [2.45, 2.75) is 18.6 Å². The third-order valence-electron chi connectivity index (χ3n) is 1.80. The predicted molar refractivity (Wildman–Crippen MR) is 58.5 cm³/mol. The molecule has 0 spiro atoms. The molecule has 5 nitrogen and oxygen atoms in total. The summed E-state index contributed by atoms with van der Waals surface area (Å²) in [6, 6.07) is 0. The fourth-order valence-electron chi connectivity index (χ4n) is 1.01. The van der Waals surface area contributed by atoms with Crippen molar-refractivity contribution in [1.29, 1.82) is 0 Å². The van der Waals surface area contributed by atoms with Crippen LogP contribution in [0.25, 0.3) is 0 Å². The van der Waals surface area contributed by atoms with Gasteiger partial charge in [0.2, 0.25) is 5.01 Å². The van der Waals surface area contributed by atoms with Crippen LogP contribution in [0.1, 0.15) is 28.0 Å². The van der Waals surface area contributed by atoms with Crippen LogP contribution in [0.4, 0.5) is 0 Å². The molecule has 0 amide bonds. The zero-order valence-corrected chi connectivity index (χ0v) is 9.41. The molecule has 0 saturated carbocycles. The van der Waals surface area contributed by atoms with Crippen molar-refractivity contribution in [3.63, 3.8) is 0 Å². The standard InChI is InChI=1S/C8H11NO4S2/c10-5(1-2-14)6(11)4-3-15-7(9-4)8(12)13/h3,5-6,10-11,14H,1-2H2,(H,12,13). The second kappa shape index (κ2) is 5.45. The SMILES string of the molecule is O=C(O)c1nc(C(O)C(O)CCS)cs1. The number of thiol groups is 1. The zero-order valence-electron chi connectivity index (χ0n) is 7.70. The molecular formula is C8H11NO4S2. The van der Waals surface area contributed by atoms with Crippen LogP contribution in [0.5, 0.6) is 0 Å². The lowest BCUT2D eigenvalue weighted by Gasteiger charge is -2.14. The number of nitrogens with zero attached hydrogens (tertiary/aromatic N) is 1. The number of carbonyl (C=O) groups is 1. The number of aliphatic hydroxyl groups excluding tert-OH is 2. The zero-order chi connectivity index (χ0) is 11.4. The summed E-state index contributed by atoms with van der Waals surface area (Å²) in [5.41, 5.74) is 0.187. The minimum absolute atomic E-state index is 0.0953. The molecule has 2 atom stereocenters. The van der Waals surface area contributed by atoms with Gasteiger partial charge in [0.25, 0.3) is 0 Å². The molecule has 1 rings (SSSR count). The van der Waals surface area contributed by atoms with E-state index in [4.69, 9.17) is 5.11 Å². The Morgan fingerprint density at radius 3 is 2.73 bits per heavy atom. The van der Waals surface area contributed by atoms with Gasteiger partial charge in [-0.3, -0.25) is 0 Å².